The lowest BCUT2D eigenvalue weighted by atomic mass is 9.81. The van der Waals surface area contributed by atoms with E-state index in [9.17, 15) is 18.5 Å². The maximum atomic E-state index is 13.0. The van der Waals surface area contributed by atoms with Crippen LogP contribution in [0.25, 0.3) is 0 Å². The van der Waals surface area contributed by atoms with Crippen molar-refractivity contribution in [1.82, 2.24) is 9.21 Å². The van der Waals surface area contributed by atoms with Crippen molar-refractivity contribution in [3.63, 3.8) is 0 Å². The summed E-state index contributed by atoms with van der Waals surface area (Å²) in [5.41, 5.74) is 1.05. The average Bonchev–Trinajstić information content (AvgIpc) is 2.80. The van der Waals surface area contributed by atoms with E-state index in [0.717, 1.165) is 25.7 Å². The molecule has 0 unspecified atom stereocenters. The van der Waals surface area contributed by atoms with Crippen LogP contribution in [0.2, 0.25) is 0 Å². The quantitative estimate of drug-likeness (QED) is 0.535. The molecule has 8 heteroatoms. The fourth-order valence-electron chi connectivity index (χ4n) is 4.77. The van der Waals surface area contributed by atoms with Crippen LogP contribution >= 0.6 is 0 Å². The van der Waals surface area contributed by atoms with Crippen molar-refractivity contribution in [3.05, 3.63) is 70.3 Å². The molecule has 0 atom stereocenters. The van der Waals surface area contributed by atoms with Gasteiger partial charge in [0.25, 0.3) is 5.69 Å². The monoisotopic (exact) mass is 429 g/mol. The SMILES string of the molecule is O=[N+]([O-])c1ccccc1S(=O)(=O)N1CCN(C2CCC(c3ccccc3)CC2)CC1. The zero-order valence-electron chi connectivity index (χ0n) is 16.9. The highest BCUT2D eigenvalue weighted by molar-refractivity contribution is 7.89. The largest absolute Gasteiger partial charge is 0.298 e. The van der Waals surface area contributed by atoms with Crippen molar-refractivity contribution in [2.75, 3.05) is 26.2 Å². The molecule has 0 bridgehead atoms. The number of nitrogens with zero attached hydrogens (tertiary/aromatic N) is 3. The van der Waals surface area contributed by atoms with E-state index in [1.807, 2.05) is 6.07 Å². The minimum Gasteiger partial charge on any atom is -0.298 e. The number of piperazine rings is 1. The zero-order valence-corrected chi connectivity index (χ0v) is 17.7. The Hall–Kier alpha value is -2.29. The lowest BCUT2D eigenvalue weighted by molar-refractivity contribution is -0.387. The van der Waals surface area contributed by atoms with Crippen LogP contribution in [-0.4, -0.2) is 54.8 Å². The molecule has 2 aromatic rings. The van der Waals surface area contributed by atoms with Crippen molar-refractivity contribution >= 4 is 15.7 Å². The summed E-state index contributed by atoms with van der Waals surface area (Å²) in [7, 11) is -3.87. The van der Waals surface area contributed by atoms with Gasteiger partial charge in [-0.15, -0.1) is 0 Å². The predicted octanol–water partition coefficient (Wildman–Crippen LogP) is 3.63. The molecule has 7 nitrogen and oxygen atoms in total. The van der Waals surface area contributed by atoms with E-state index in [1.54, 1.807) is 0 Å². The molecule has 1 heterocycles. The smallest absolute Gasteiger partial charge is 0.289 e. The van der Waals surface area contributed by atoms with Gasteiger partial charge >= 0.3 is 0 Å². The van der Waals surface area contributed by atoms with Crippen LogP contribution in [0.5, 0.6) is 0 Å². The Morgan fingerprint density at radius 2 is 1.43 bits per heavy atom. The topological polar surface area (TPSA) is 83.8 Å². The van der Waals surface area contributed by atoms with Gasteiger partial charge in [0.1, 0.15) is 0 Å². The molecule has 1 saturated heterocycles. The maximum absolute atomic E-state index is 13.0. The molecule has 0 N–H and O–H groups in total. The third-order valence-electron chi connectivity index (χ3n) is 6.44. The van der Waals surface area contributed by atoms with Crippen molar-refractivity contribution in [2.24, 2.45) is 0 Å². The van der Waals surface area contributed by atoms with E-state index in [-0.39, 0.29) is 10.6 Å². The van der Waals surface area contributed by atoms with Crippen molar-refractivity contribution in [3.8, 4) is 0 Å². The number of benzene rings is 2. The van der Waals surface area contributed by atoms with Gasteiger partial charge in [-0.25, -0.2) is 8.42 Å². The Kier molecular flexibility index (Phi) is 6.17. The fraction of sp³-hybridized carbons (Fsp3) is 0.455. The fourth-order valence-corrected chi connectivity index (χ4v) is 6.35. The summed E-state index contributed by atoms with van der Waals surface area (Å²) in [5.74, 6) is 0.614. The first-order valence-corrected chi connectivity index (χ1v) is 11.9. The van der Waals surface area contributed by atoms with Crippen LogP contribution in [0, 0.1) is 10.1 Å². The number of hydrogen-bond acceptors (Lipinski definition) is 5. The van der Waals surface area contributed by atoms with Crippen LogP contribution in [0.3, 0.4) is 0 Å². The zero-order chi connectivity index (χ0) is 21.1. The standard InChI is InChI=1S/C22H27N3O4S/c26-25(27)21-8-4-5-9-22(21)30(28,29)24-16-14-23(15-17-24)20-12-10-19(11-13-20)18-6-2-1-3-7-18/h1-9,19-20H,10-17H2. The van der Waals surface area contributed by atoms with E-state index in [1.165, 1.54) is 34.1 Å². The van der Waals surface area contributed by atoms with Gasteiger partial charge in [0.05, 0.1) is 4.92 Å². The Labute approximate surface area is 177 Å². The first kappa shape index (κ1) is 21.0. The van der Waals surface area contributed by atoms with Crippen molar-refractivity contribution in [1.29, 1.82) is 0 Å². The summed E-state index contributed by atoms with van der Waals surface area (Å²) in [6.07, 6.45) is 4.56. The normalized spacial score (nSPS) is 23.9. The number of sulfonamides is 1. The van der Waals surface area contributed by atoms with Gasteiger partial charge in [-0.1, -0.05) is 42.5 Å². The van der Waals surface area contributed by atoms with Gasteiger partial charge in [0.2, 0.25) is 10.0 Å². The van der Waals surface area contributed by atoms with Crippen molar-refractivity contribution in [2.45, 2.75) is 42.5 Å². The second-order valence-corrected chi connectivity index (χ2v) is 9.99. The maximum Gasteiger partial charge on any atom is 0.289 e. The van der Waals surface area contributed by atoms with Crippen LogP contribution in [0.1, 0.15) is 37.2 Å². The first-order chi connectivity index (χ1) is 14.5. The van der Waals surface area contributed by atoms with Gasteiger partial charge in [-0.3, -0.25) is 15.0 Å². The summed E-state index contributed by atoms with van der Waals surface area (Å²) in [4.78, 5) is 12.8. The second-order valence-electron chi connectivity index (χ2n) is 8.08. The van der Waals surface area contributed by atoms with Gasteiger partial charge in [-0.2, -0.15) is 4.31 Å². The molecule has 0 amide bonds. The van der Waals surface area contributed by atoms with Gasteiger partial charge in [-0.05, 0) is 43.2 Å². The van der Waals surface area contributed by atoms with E-state index >= 15 is 0 Å². The molecule has 4 rings (SSSR count). The Balaban J connectivity index is 1.36. The number of hydrogen-bond donors (Lipinski definition) is 0. The number of rotatable bonds is 5. The molecule has 30 heavy (non-hydrogen) atoms. The minimum atomic E-state index is -3.87. The first-order valence-electron chi connectivity index (χ1n) is 10.5. The van der Waals surface area contributed by atoms with Crippen LogP contribution in [0.15, 0.2) is 59.5 Å². The molecule has 1 aliphatic carbocycles. The molecular formula is C22H27N3O4S. The summed E-state index contributed by atoms with van der Waals surface area (Å²) < 4.78 is 27.4. The van der Waals surface area contributed by atoms with E-state index in [4.69, 9.17) is 0 Å². The Morgan fingerprint density at radius 3 is 2.07 bits per heavy atom. The third-order valence-corrected chi connectivity index (χ3v) is 8.38. The minimum absolute atomic E-state index is 0.216. The van der Waals surface area contributed by atoms with Gasteiger partial charge in [0, 0.05) is 38.3 Å². The molecule has 1 saturated carbocycles. The Morgan fingerprint density at radius 1 is 0.833 bits per heavy atom. The summed E-state index contributed by atoms with van der Waals surface area (Å²) in [6.45, 7) is 2.07. The molecule has 0 aromatic heterocycles. The van der Waals surface area contributed by atoms with E-state index in [0.29, 0.717) is 38.1 Å². The molecule has 2 aromatic carbocycles. The van der Waals surface area contributed by atoms with Crippen LogP contribution < -0.4 is 0 Å². The number of nitro groups is 1. The van der Waals surface area contributed by atoms with Crippen LogP contribution in [-0.2, 0) is 10.0 Å². The number of nitro benzene ring substituents is 1. The molecule has 1 aliphatic heterocycles. The highest BCUT2D eigenvalue weighted by Gasteiger charge is 2.35. The third kappa shape index (κ3) is 4.26. The Bertz CT molecular complexity index is 980. The summed E-state index contributed by atoms with van der Waals surface area (Å²) in [6, 6.07) is 16.7. The van der Waals surface area contributed by atoms with Gasteiger partial charge < -0.3 is 0 Å². The second kappa shape index (κ2) is 8.83. The lowest BCUT2D eigenvalue weighted by Crippen LogP contribution is -2.52. The summed E-state index contributed by atoms with van der Waals surface area (Å²) in [5, 5.41) is 11.3. The molecule has 2 fully saturated rings. The molecule has 0 radical (unpaired) electrons. The highest BCUT2D eigenvalue weighted by atomic mass is 32.2. The average molecular weight is 430 g/mol. The summed E-state index contributed by atoms with van der Waals surface area (Å²) >= 11 is 0. The van der Waals surface area contributed by atoms with E-state index in [2.05, 4.69) is 29.2 Å². The highest BCUT2D eigenvalue weighted by Crippen LogP contribution is 2.35. The molecule has 2 aliphatic rings. The van der Waals surface area contributed by atoms with Gasteiger partial charge in [0.15, 0.2) is 4.90 Å². The van der Waals surface area contributed by atoms with E-state index < -0.39 is 14.9 Å². The molecular weight excluding hydrogens is 402 g/mol. The lowest BCUT2D eigenvalue weighted by Gasteiger charge is -2.41. The molecule has 0 spiro atoms. The van der Waals surface area contributed by atoms with Crippen LogP contribution in [0.4, 0.5) is 5.69 Å². The van der Waals surface area contributed by atoms with Crippen molar-refractivity contribution < 1.29 is 13.3 Å². The molecule has 160 valence electrons. The predicted molar refractivity (Wildman–Crippen MR) is 115 cm³/mol. The number of para-hydroxylation sites is 1.